The second kappa shape index (κ2) is 9.26. The highest BCUT2D eigenvalue weighted by Crippen LogP contribution is 2.18. The molecule has 0 saturated heterocycles. The lowest BCUT2D eigenvalue weighted by molar-refractivity contribution is 0.106. The van der Waals surface area contributed by atoms with Crippen LogP contribution in [0.1, 0.15) is 13.3 Å². The maximum absolute atomic E-state index is 9.74. The van der Waals surface area contributed by atoms with Gasteiger partial charge in [-0.15, -0.1) is 11.8 Å². The third-order valence-corrected chi connectivity index (χ3v) is 2.47. The highest BCUT2D eigenvalue weighted by atomic mass is 16.5. The molecule has 4 nitrogen and oxygen atoms in total. The fraction of sp³-hybridized carbons (Fsp3) is 0.467. The highest BCUT2D eigenvalue weighted by Gasteiger charge is 2.05. The molecule has 0 aliphatic carbocycles. The number of rotatable bonds is 8. The number of nitrogens with one attached hydrogen (secondary N) is 1. The van der Waals surface area contributed by atoms with E-state index in [0.29, 0.717) is 12.3 Å². The molecule has 0 spiro atoms. The Morgan fingerprint density at radius 1 is 1.37 bits per heavy atom. The lowest BCUT2D eigenvalue weighted by atomic mass is 10.3. The van der Waals surface area contributed by atoms with Gasteiger partial charge in [-0.05, 0) is 19.1 Å². The van der Waals surface area contributed by atoms with Crippen molar-refractivity contribution in [3.05, 3.63) is 24.3 Å². The lowest BCUT2D eigenvalue weighted by Crippen LogP contribution is -2.31. The van der Waals surface area contributed by atoms with Crippen molar-refractivity contribution < 1.29 is 14.6 Å². The molecule has 4 heteroatoms. The van der Waals surface area contributed by atoms with E-state index in [2.05, 4.69) is 17.2 Å². The molecule has 104 valence electrons. The SMILES string of the molecule is CC#CCCNCC(O)COc1cccc(OC)c1. The van der Waals surface area contributed by atoms with Crippen LogP contribution in [0.25, 0.3) is 0 Å². The fourth-order valence-electron chi connectivity index (χ4n) is 1.49. The van der Waals surface area contributed by atoms with Crippen LogP contribution in [0.3, 0.4) is 0 Å². The molecule has 2 N–H and O–H groups in total. The molecule has 1 atom stereocenters. The molecular weight excluding hydrogens is 242 g/mol. The van der Waals surface area contributed by atoms with Gasteiger partial charge in [-0.1, -0.05) is 6.07 Å². The second-order valence-electron chi connectivity index (χ2n) is 4.02. The smallest absolute Gasteiger partial charge is 0.123 e. The summed E-state index contributed by atoms with van der Waals surface area (Å²) in [6.07, 6.45) is 0.251. The maximum atomic E-state index is 9.74. The van der Waals surface area contributed by atoms with E-state index in [4.69, 9.17) is 9.47 Å². The van der Waals surface area contributed by atoms with Crippen LogP contribution in [0.4, 0.5) is 0 Å². The molecule has 1 unspecified atom stereocenters. The van der Waals surface area contributed by atoms with Gasteiger partial charge in [0.15, 0.2) is 0 Å². The molecular formula is C15H21NO3. The van der Waals surface area contributed by atoms with Crippen LogP contribution < -0.4 is 14.8 Å². The quantitative estimate of drug-likeness (QED) is 0.550. The maximum Gasteiger partial charge on any atom is 0.123 e. The lowest BCUT2D eigenvalue weighted by Gasteiger charge is -2.13. The molecule has 19 heavy (non-hydrogen) atoms. The van der Waals surface area contributed by atoms with Crippen molar-refractivity contribution >= 4 is 0 Å². The van der Waals surface area contributed by atoms with Crippen molar-refractivity contribution in [2.45, 2.75) is 19.4 Å². The summed E-state index contributed by atoms with van der Waals surface area (Å²) in [6, 6.07) is 7.32. The summed E-state index contributed by atoms with van der Waals surface area (Å²) in [6.45, 7) is 3.34. The predicted octanol–water partition coefficient (Wildman–Crippen LogP) is 1.44. The van der Waals surface area contributed by atoms with Crippen LogP contribution in [0.15, 0.2) is 24.3 Å². The molecule has 0 fully saturated rings. The molecule has 0 radical (unpaired) electrons. The van der Waals surface area contributed by atoms with Crippen molar-refractivity contribution in [1.82, 2.24) is 5.32 Å². The van der Waals surface area contributed by atoms with Gasteiger partial charge in [0.2, 0.25) is 0 Å². The Morgan fingerprint density at radius 2 is 2.16 bits per heavy atom. The molecule has 1 aromatic rings. The molecule has 1 aromatic carbocycles. The second-order valence-corrected chi connectivity index (χ2v) is 4.02. The van der Waals surface area contributed by atoms with Gasteiger partial charge in [0.25, 0.3) is 0 Å². The first kappa shape index (κ1) is 15.4. The minimum atomic E-state index is -0.541. The minimum absolute atomic E-state index is 0.250. The van der Waals surface area contributed by atoms with Crippen molar-refractivity contribution in [2.24, 2.45) is 0 Å². The molecule has 0 bridgehead atoms. The molecule has 0 saturated carbocycles. The number of hydrogen-bond acceptors (Lipinski definition) is 4. The first-order chi connectivity index (χ1) is 9.26. The van der Waals surface area contributed by atoms with E-state index in [9.17, 15) is 5.11 Å². The monoisotopic (exact) mass is 263 g/mol. The van der Waals surface area contributed by atoms with E-state index in [-0.39, 0.29) is 6.61 Å². The molecule has 0 heterocycles. The summed E-state index contributed by atoms with van der Waals surface area (Å²) in [5.41, 5.74) is 0. The van der Waals surface area contributed by atoms with Gasteiger partial charge < -0.3 is 19.9 Å². The third-order valence-electron chi connectivity index (χ3n) is 2.47. The largest absolute Gasteiger partial charge is 0.497 e. The first-order valence-corrected chi connectivity index (χ1v) is 6.31. The molecule has 0 aliphatic heterocycles. The number of benzene rings is 1. The first-order valence-electron chi connectivity index (χ1n) is 6.31. The summed E-state index contributed by atoms with van der Waals surface area (Å²) < 4.78 is 10.6. The Labute approximate surface area is 114 Å². The average molecular weight is 263 g/mol. The van der Waals surface area contributed by atoms with Crippen LogP contribution in [0.5, 0.6) is 11.5 Å². The molecule has 0 aliphatic rings. The van der Waals surface area contributed by atoms with Crippen molar-refractivity contribution in [2.75, 3.05) is 26.8 Å². The van der Waals surface area contributed by atoms with Crippen LogP contribution in [-0.4, -0.2) is 38.0 Å². The zero-order chi connectivity index (χ0) is 13.9. The van der Waals surface area contributed by atoms with Gasteiger partial charge in [0.05, 0.1) is 7.11 Å². The van der Waals surface area contributed by atoms with E-state index < -0.39 is 6.10 Å². The van der Waals surface area contributed by atoms with E-state index in [0.717, 1.165) is 18.7 Å². The van der Waals surface area contributed by atoms with E-state index in [1.54, 1.807) is 13.2 Å². The Hall–Kier alpha value is -1.70. The van der Waals surface area contributed by atoms with Crippen molar-refractivity contribution in [3.8, 4) is 23.3 Å². The third kappa shape index (κ3) is 6.70. The van der Waals surface area contributed by atoms with Gasteiger partial charge in [-0.25, -0.2) is 0 Å². The van der Waals surface area contributed by atoms with Gasteiger partial charge in [0.1, 0.15) is 24.2 Å². The van der Waals surface area contributed by atoms with Crippen LogP contribution >= 0.6 is 0 Å². The number of methoxy groups -OCH3 is 1. The summed E-state index contributed by atoms with van der Waals surface area (Å²) >= 11 is 0. The van der Waals surface area contributed by atoms with E-state index in [1.807, 2.05) is 25.1 Å². The predicted molar refractivity (Wildman–Crippen MR) is 75.4 cm³/mol. The minimum Gasteiger partial charge on any atom is -0.497 e. The number of hydrogen-bond donors (Lipinski definition) is 2. The summed E-state index contributed by atoms with van der Waals surface area (Å²) in [4.78, 5) is 0. The van der Waals surface area contributed by atoms with Crippen LogP contribution in [0.2, 0.25) is 0 Å². The summed E-state index contributed by atoms with van der Waals surface area (Å²) in [7, 11) is 1.61. The Bertz CT molecular complexity index is 423. The van der Waals surface area contributed by atoms with Crippen molar-refractivity contribution in [1.29, 1.82) is 0 Å². The topological polar surface area (TPSA) is 50.7 Å². The van der Waals surface area contributed by atoms with Crippen LogP contribution in [-0.2, 0) is 0 Å². The van der Waals surface area contributed by atoms with E-state index in [1.165, 1.54) is 0 Å². The average Bonchev–Trinajstić information content (AvgIpc) is 2.45. The zero-order valence-corrected chi connectivity index (χ0v) is 11.5. The van der Waals surface area contributed by atoms with Gasteiger partial charge >= 0.3 is 0 Å². The number of aliphatic hydroxyl groups is 1. The number of aliphatic hydroxyl groups excluding tert-OH is 1. The Balaban J connectivity index is 2.21. The zero-order valence-electron chi connectivity index (χ0n) is 11.5. The van der Waals surface area contributed by atoms with Gasteiger partial charge in [-0.2, -0.15) is 0 Å². The Morgan fingerprint density at radius 3 is 2.89 bits per heavy atom. The normalized spacial score (nSPS) is 11.3. The fourth-order valence-corrected chi connectivity index (χ4v) is 1.49. The van der Waals surface area contributed by atoms with Gasteiger partial charge in [-0.3, -0.25) is 0 Å². The highest BCUT2D eigenvalue weighted by molar-refractivity contribution is 5.32. The molecule has 1 rings (SSSR count). The number of ether oxygens (including phenoxy) is 2. The summed E-state index contributed by atoms with van der Waals surface area (Å²) in [5, 5.41) is 12.9. The van der Waals surface area contributed by atoms with Crippen molar-refractivity contribution in [3.63, 3.8) is 0 Å². The van der Waals surface area contributed by atoms with Gasteiger partial charge in [0, 0.05) is 25.6 Å². The standard InChI is InChI=1S/C15H21NO3/c1-3-4-5-9-16-11-13(17)12-19-15-8-6-7-14(10-15)18-2/h6-8,10,13,16-17H,5,9,11-12H2,1-2H3. The Kier molecular flexibility index (Phi) is 7.48. The molecule has 0 aromatic heterocycles. The van der Waals surface area contributed by atoms with E-state index >= 15 is 0 Å². The molecule has 0 amide bonds. The van der Waals surface area contributed by atoms with Crippen LogP contribution in [0, 0.1) is 11.8 Å². The summed E-state index contributed by atoms with van der Waals surface area (Å²) in [5.74, 6) is 7.21.